The number of halogens is 3. The highest BCUT2D eigenvalue weighted by atomic mass is 19.4. The number of alkyl halides is 3. The molecular formula is C8H11F3N4. The Morgan fingerprint density at radius 3 is 2.47 bits per heavy atom. The topological polar surface area (TPSA) is 44.0 Å². The minimum atomic E-state index is -4.40. The van der Waals surface area contributed by atoms with E-state index in [9.17, 15) is 13.2 Å². The highest BCUT2D eigenvalue weighted by Gasteiger charge is 2.34. The first kappa shape index (κ1) is 10.3. The van der Waals surface area contributed by atoms with Crippen molar-refractivity contribution in [2.24, 2.45) is 0 Å². The van der Waals surface area contributed by atoms with Gasteiger partial charge >= 0.3 is 6.18 Å². The maximum atomic E-state index is 12.2. The van der Waals surface area contributed by atoms with Crippen molar-refractivity contribution in [3.05, 3.63) is 12.0 Å². The molecule has 1 aromatic heterocycles. The van der Waals surface area contributed by atoms with Crippen molar-refractivity contribution in [2.75, 3.05) is 31.1 Å². The number of anilines is 1. The lowest BCUT2D eigenvalue weighted by atomic mass is 10.4. The van der Waals surface area contributed by atoms with Crippen LogP contribution in [-0.4, -0.2) is 36.1 Å². The van der Waals surface area contributed by atoms with Gasteiger partial charge in [0.05, 0.1) is 6.20 Å². The van der Waals surface area contributed by atoms with Gasteiger partial charge in [0.2, 0.25) is 5.82 Å². The van der Waals surface area contributed by atoms with Gasteiger partial charge < -0.3 is 15.2 Å². The summed E-state index contributed by atoms with van der Waals surface area (Å²) in [5, 5.41) is 3.12. The van der Waals surface area contributed by atoms with Crippen LogP contribution in [-0.2, 0) is 6.18 Å². The molecule has 2 heterocycles. The zero-order valence-electron chi connectivity index (χ0n) is 7.93. The predicted molar refractivity (Wildman–Crippen MR) is 48.7 cm³/mol. The number of piperazine rings is 1. The van der Waals surface area contributed by atoms with E-state index >= 15 is 0 Å². The Hall–Kier alpha value is -1.24. The van der Waals surface area contributed by atoms with E-state index in [0.717, 1.165) is 13.1 Å². The number of hydrogen-bond acceptors (Lipinski definition) is 3. The molecule has 0 aromatic carbocycles. The molecule has 0 radical (unpaired) electrons. The summed E-state index contributed by atoms with van der Waals surface area (Å²) < 4.78 is 36.7. The third-order valence-corrected chi connectivity index (χ3v) is 2.29. The number of imidazole rings is 1. The quantitative estimate of drug-likeness (QED) is 0.737. The average molecular weight is 220 g/mol. The van der Waals surface area contributed by atoms with E-state index in [1.54, 1.807) is 0 Å². The Morgan fingerprint density at radius 1 is 1.27 bits per heavy atom. The second-order valence-corrected chi connectivity index (χ2v) is 3.35. The number of nitrogens with one attached hydrogen (secondary N) is 2. The van der Waals surface area contributed by atoms with Crippen LogP contribution in [0.3, 0.4) is 0 Å². The normalized spacial score (nSPS) is 18.2. The van der Waals surface area contributed by atoms with Crippen LogP contribution in [0.5, 0.6) is 0 Å². The molecular weight excluding hydrogens is 209 g/mol. The standard InChI is InChI=1S/C8H11F3N4/c9-8(10,11)7-13-5-6(14-7)15-3-1-12-2-4-15/h5,12H,1-4H2,(H,13,14). The van der Waals surface area contributed by atoms with Gasteiger partial charge in [0.1, 0.15) is 5.82 Å². The SMILES string of the molecule is FC(F)(F)c1ncc(N2CCNCC2)[nH]1. The van der Waals surface area contributed by atoms with Gasteiger partial charge in [-0.05, 0) is 0 Å². The summed E-state index contributed by atoms with van der Waals surface area (Å²) in [6.07, 6.45) is -3.17. The molecule has 0 saturated carbocycles. The molecule has 2 rings (SSSR count). The summed E-state index contributed by atoms with van der Waals surface area (Å²) in [6, 6.07) is 0. The van der Waals surface area contributed by atoms with Crippen molar-refractivity contribution >= 4 is 5.82 Å². The summed E-state index contributed by atoms with van der Waals surface area (Å²) in [4.78, 5) is 7.45. The molecule has 1 aromatic rings. The number of aromatic amines is 1. The molecule has 1 aliphatic rings. The van der Waals surface area contributed by atoms with Crippen molar-refractivity contribution in [2.45, 2.75) is 6.18 Å². The van der Waals surface area contributed by atoms with Crippen LogP contribution in [0.4, 0.5) is 19.0 Å². The van der Waals surface area contributed by atoms with Gasteiger partial charge in [0, 0.05) is 26.2 Å². The summed E-state index contributed by atoms with van der Waals surface area (Å²) in [5.74, 6) is -0.500. The van der Waals surface area contributed by atoms with Gasteiger partial charge in [0.15, 0.2) is 0 Å². The van der Waals surface area contributed by atoms with Crippen LogP contribution in [0.15, 0.2) is 6.20 Å². The molecule has 84 valence electrons. The average Bonchev–Trinajstić information content (AvgIpc) is 2.67. The van der Waals surface area contributed by atoms with Gasteiger partial charge in [-0.1, -0.05) is 0 Å². The number of nitrogens with zero attached hydrogens (tertiary/aromatic N) is 2. The molecule has 0 unspecified atom stereocenters. The molecule has 15 heavy (non-hydrogen) atoms. The second kappa shape index (κ2) is 3.73. The molecule has 1 aliphatic heterocycles. The molecule has 4 nitrogen and oxygen atoms in total. The van der Waals surface area contributed by atoms with Crippen LogP contribution in [0.1, 0.15) is 5.82 Å². The lowest BCUT2D eigenvalue weighted by Crippen LogP contribution is -2.43. The first-order valence-corrected chi connectivity index (χ1v) is 4.65. The summed E-state index contributed by atoms with van der Waals surface area (Å²) in [7, 11) is 0. The summed E-state index contributed by atoms with van der Waals surface area (Å²) in [5.41, 5.74) is 0. The van der Waals surface area contributed by atoms with Gasteiger partial charge in [-0.3, -0.25) is 0 Å². The zero-order chi connectivity index (χ0) is 10.9. The molecule has 2 N–H and O–H groups in total. The number of hydrogen-bond donors (Lipinski definition) is 2. The Bertz CT molecular complexity index is 327. The van der Waals surface area contributed by atoms with Crippen molar-refractivity contribution in [3.8, 4) is 0 Å². The summed E-state index contributed by atoms with van der Waals surface area (Å²) in [6.45, 7) is 2.94. The fourth-order valence-electron chi connectivity index (χ4n) is 1.52. The van der Waals surface area contributed by atoms with Gasteiger partial charge in [-0.2, -0.15) is 13.2 Å². The minimum absolute atomic E-state index is 0.434. The fraction of sp³-hybridized carbons (Fsp3) is 0.625. The smallest absolute Gasteiger partial charge is 0.354 e. The molecule has 0 spiro atoms. The van der Waals surface area contributed by atoms with Crippen molar-refractivity contribution < 1.29 is 13.2 Å². The first-order chi connectivity index (χ1) is 7.07. The Kier molecular flexibility index (Phi) is 2.56. The molecule has 0 amide bonds. The number of rotatable bonds is 1. The van der Waals surface area contributed by atoms with Crippen LogP contribution in [0.25, 0.3) is 0 Å². The van der Waals surface area contributed by atoms with E-state index < -0.39 is 12.0 Å². The number of H-pyrrole nitrogens is 1. The van der Waals surface area contributed by atoms with Crippen LogP contribution in [0, 0.1) is 0 Å². The van der Waals surface area contributed by atoms with E-state index in [2.05, 4.69) is 15.3 Å². The third kappa shape index (κ3) is 2.23. The molecule has 0 bridgehead atoms. The maximum absolute atomic E-state index is 12.2. The molecule has 1 saturated heterocycles. The van der Waals surface area contributed by atoms with Gasteiger partial charge in [0.25, 0.3) is 0 Å². The van der Waals surface area contributed by atoms with Crippen LogP contribution in [0.2, 0.25) is 0 Å². The number of aromatic nitrogens is 2. The Labute approximate surface area is 84.5 Å². The minimum Gasteiger partial charge on any atom is -0.354 e. The van der Waals surface area contributed by atoms with Gasteiger partial charge in [-0.25, -0.2) is 4.98 Å². The molecule has 0 atom stereocenters. The monoisotopic (exact) mass is 220 g/mol. The maximum Gasteiger partial charge on any atom is 0.449 e. The fourth-order valence-corrected chi connectivity index (χ4v) is 1.52. The van der Waals surface area contributed by atoms with E-state index in [4.69, 9.17) is 0 Å². The second-order valence-electron chi connectivity index (χ2n) is 3.35. The Morgan fingerprint density at radius 2 is 1.93 bits per heavy atom. The largest absolute Gasteiger partial charge is 0.449 e. The van der Waals surface area contributed by atoms with E-state index in [1.165, 1.54) is 6.20 Å². The van der Waals surface area contributed by atoms with E-state index in [-0.39, 0.29) is 0 Å². The highest BCUT2D eigenvalue weighted by Crippen LogP contribution is 2.27. The van der Waals surface area contributed by atoms with E-state index in [0.29, 0.717) is 18.9 Å². The van der Waals surface area contributed by atoms with E-state index in [1.807, 2.05) is 4.90 Å². The molecule has 0 aliphatic carbocycles. The van der Waals surface area contributed by atoms with Crippen molar-refractivity contribution in [3.63, 3.8) is 0 Å². The Balaban J connectivity index is 2.12. The first-order valence-electron chi connectivity index (χ1n) is 4.65. The molecule has 7 heteroatoms. The zero-order valence-corrected chi connectivity index (χ0v) is 7.93. The lowest BCUT2D eigenvalue weighted by molar-refractivity contribution is -0.144. The van der Waals surface area contributed by atoms with Crippen molar-refractivity contribution in [1.82, 2.24) is 15.3 Å². The lowest BCUT2D eigenvalue weighted by Gasteiger charge is -2.27. The summed E-state index contributed by atoms with van der Waals surface area (Å²) >= 11 is 0. The predicted octanol–water partition coefficient (Wildman–Crippen LogP) is 0.838. The highest BCUT2D eigenvalue weighted by molar-refractivity contribution is 5.37. The van der Waals surface area contributed by atoms with Crippen molar-refractivity contribution in [1.29, 1.82) is 0 Å². The van der Waals surface area contributed by atoms with Crippen LogP contribution >= 0.6 is 0 Å². The third-order valence-electron chi connectivity index (χ3n) is 2.29. The van der Waals surface area contributed by atoms with Crippen LogP contribution < -0.4 is 10.2 Å². The molecule has 1 fully saturated rings. The van der Waals surface area contributed by atoms with Gasteiger partial charge in [-0.15, -0.1) is 0 Å².